The molecule has 2 atom stereocenters. The van der Waals surface area contributed by atoms with Crippen molar-refractivity contribution in [1.29, 1.82) is 0 Å². The van der Waals surface area contributed by atoms with Crippen LogP contribution in [0.25, 0.3) is 0 Å². The van der Waals surface area contributed by atoms with Crippen molar-refractivity contribution >= 4 is 0 Å². The molecule has 98 valence electrons. The highest BCUT2D eigenvalue weighted by atomic mass is 16.5. The molecule has 0 saturated heterocycles. The number of hydrogen-bond acceptors (Lipinski definition) is 4. The van der Waals surface area contributed by atoms with Crippen molar-refractivity contribution in [1.82, 2.24) is 10.4 Å². The molecule has 1 aliphatic rings. The van der Waals surface area contributed by atoms with E-state index in [0.717, 1.165) is 12.2 Å². The number of benzene rings is 1. The molecule has 0 spiro atoms. The van der Waals surface area contributed by atoms with Crippen LogP contribution >= 0.6 is 0 Å². The minimum absolute atomic E-state index is 0.146. The van der Waals surface area contributed by atoms with Gasteiger partial charge >= 0.3 is 0 Å². The molecule has 1 aliphatic heterocycles. The molecule has 1 aromatic carbocycles. The van der Waals surface area contributed by atoms with Crippen LogP contribution in [0.3, 0.4) is 0 Å². The fourth-order valence-corrected chi connectivity index (χ4v) is 2.61. The Morgan fingerprint density at radius 3 is 3.00 bits per heavy atom. The molecule has 2 unspecified atom stereocenters. The van der Waals surface area contributed by atoms with E-state index in [1.165, 1.54) is 11.1 Å². The number of pyridine rings is 1. The van der Waals surface area contributed by atoms with E-state index in [9.17, 15) is 0 Å². The molecule has 1 aromatic heterocycles. The van der Waals surface area contributed by atoms with Crippen LogP contribution in [-0.2, 0) is 6.42 Å². The summed E-state index contributed by atoms with van der Waals surface area (Å²) < 4.78 is 5.72. The van der Waals surface area contributed by atoms with Crippen LogP contribution < -0.4 is 16.0 Å². The lowest BCUT2D eigenvalue weighted by Crippen LogP contribution is -2.42. The maximum atomic E-state index is 5.73. The fourth-order valence-electron chi connectivity index (χ4n) is 2.61. The minimum atomic E-state index is 0.146. The largest absolute Gasteiger partial charge is 0.493 e. The van der Waals surface area contributed by atoms with Gasteiger partial charge in [0.15, 0.2) is 0 Å². The second-order valence-corrected chi connectivity index (χ2v) is 4.79. The number of hydrogen-bond donors (Lipinski definition) is 2. The van der Waals surface area contributed by atoms with Crippen LogP contribution in [0.2, 0.25) is 0 Å². The van der Waals surface area contributed by atoms with Crippen LogP contribution in [0.1, 0.15) is 17.0 Å². The zero-order chi connectivity index (χ0) is 13.1. The summed E-state index contributed by atoms with van der Waals surface area (Å²) in [5.41, 5.74) is 5.33. The van der Waals surface area contributed by atoms with E-state index < -0.39 is 0 Å². The van der Waals surface area contributed by atoms with Gasteiger partial charge in [0.2, 0.25) is 0 Å². The number of fused-ring (bicyclic) bond motifs is 1. The molecule has 4 heteroatoms. The van der Waals surface area contributed by atoms with Crippen molar-refractivity contribution in [2.75, 3.05) is 6.61 Å². The number of nitrogens with one attached hydrogen (secondary N) is 1. The van der Waals surface area contributed by atoms with Gasteiger partial charge in [-0.15, -0.1) is 0 Å². The number of para-hydroxylation sites is 1. The van der Waals surface area contributed by atoms with Gasteiger partial charge in [0.1, 0.15) is 5.75 Å². The lowest BCUT2D eigenvalue weighted by molar-refractivity contribution is 0.297. The van der Waals surface area contributed by atoms with E-state index >= 15 is 0 Å². The molecular weight excluding hydrogens is 238 g/mol. The Labute approximate surface area is 112 Å². The highest BCUT2D eigenvalue weighted by Crippen LogP contribution is 2.36. The summed E-state index contributed by atoms with van der Waals surface area (Å²) in [4.78, 5) is 4.14. The zero-order valence-corrected chi connectivity index (χ0v) is 10.6. The third-order valence-electron chi connectivity index (χ3n) is 3.62. The van der Waals surface area contributed by atoms with Gasteiger partial charge in [-0.3, -0.25) is 16.3 Å². The molecule has 2 heterocycles. The summed E-state index contributed by atoms with van der Waals surface area (Å²) in [5, 5.41) is 0. The van der Waals surface area contributed by atoms with Crippen molar-refractivity contribution in [2.45, 2.75) is 18.4 Å². The summed E-state index contributed by atoms with van der Waals surface area (Å²) in [5.74, 6) is 6.98. The molecule has 3 rings (SSSR count). The van der Waals surface area contributed by atoms with Gasteiger partial charge in [-0.1, -0.05) is 24.3 Å². The fraction of sp³-hybridized carbons (Fsp3) is 0.267. The highest BCUT2D eigenvalue weighted by molar-refractivity contribution is 5.40. The molecule has 0 bridgehead atoms. The first-order valence-corrected chi connectivity index (χ1v) is 6.45. The molecule has 0 fully saturated rings. The van der Waals surface area contributed by atoms with E-state index in [1.807, 2.05) is 30.5 Å². The Balaban J connectivity index is 1.81. The van der Waals surface area contributed by atoms with Crippen molar-refractivity contribution in [3.63, 3.8) is 0 Å². The van der Waals surface area contributed by atoms with E-state index in [0.29, 0.717) is 6.61 Å². The molecule has 0 saturated carbocycles. The van der Waals surface area contributed by atoms with Gasteiger partial charge in [-0.05, 0) is 24.1 Å². The number of rotatable bonds is 4. The van der Waals surface area contributed by atoms with Gasteiger partial charge in [0.05, 0.1) is 6.61 Å². The molecule has 0 amide bonds. The second-order valence-electron chi connectivity index (χ2n) is 4.79. The van der Waals surface area contributed by atoms with Crippen molar-refractivity contribution < 1.29 is 4.74 Å². The van der Waals surface area contributed by atoms with Gasteiger partial charge < -0.3 is 4.74 Å². The molecule has 2 aromatic rings. The Kier molecular flexibility index (Phi) is 3.44. The zero-order valence-electron chi connectivity index (χ0n) is 10.6. The highest BCUT2D eigenvalue weighted by Gasteiger charge is 2.30. The maximum absolute atomic E-state index is 5.73. The Bertz CT molecular complexity index is 544. The summed E-state index contributed by atoms with van der Waals surface area (Å²) >= 11 is 0. The van der Waals surface area contributed by atoms with Crippen molar-refractivity contribution in [3.8, 4) is 5.75 Å². The van der Waals surface area contributed by atoms with Crippen molar-refractivity contribution in [2.24, 2.45) is 5.84 Å². The SMILES string of the molecule is NNC(Cc1cccnc1)C1COc2ccccc21. The number of hydrazine groups is 1. The molecular formula is C15H17N3O. The van der Waals surface area contributed by atoms with Gasteiger partial charge in [0.25, 0.3) is 0 Å². The van der Waals surface area contributed by atoms with E-state index in [-0.39, 0.29) is 12.0 Å². The molecule has 0 aliphatic carbocycles. The van der Waals surface area contributed by atoms with Crippen LogP contribution in [-0.4, -0.2) is 17.6 Å². The second kappa shape index (κ2) is 5.38. The van der Waals surface area contributed by atoms with Crippen LogP contribution in [0, 0.1) is 0 Å². The first-order chi connectivity index (χ1) is 9.38. The van der Waals surface area contributed by atoms with Crippen molar-refractivity contribution in [3.05, 3.63) is 59.9 Å². The predicted octanol–water partition coefficient (Wildman–Crippen LogP) is 1.63. The van der Waals surface area contributed by atoms with E-state index in [4.69, 9.17) is 10.6 Å². The average Bonchev–Trinajstić information content (AvgIpc) is 2.90. The number of nitrogens with zero attached hydrogens (tertiary/aromatic N) is 1. The van der Waals surface area contributed by atoms with Gasteiger partial charge in [0, 0.05) is 29.9 Å². The first kappa shape index (κ1) is 12.1. The third-order valence-corrected chi connectivity index (χ3v) is 3.62. The van der Waals surface area contributed by atoms with Gasteiger partial charge in [-0.2, -0.15) is 0 Å². The molecule has 3 N–H and O–H groups in total. The number of ether oxygens (including phenoxy) is 1. The lowest BCUT2D eigenvalue weighted by atomic mass is 9.90. The predicted molar refractivity (Wildman–Crippen MR) is 73.7 cm³/mol. The smallest absolute Gasteiger partial charge is 0.122 e. The Hall–Kier alpha value is -1.91. The maximum Gasteiger partial charge on any atom is 0.122 e. The van der Waals surface area contributed by atoms with E-state index in [1.54, 1.807) is 6.20 Å². The monoisotopic (exact) mass is 255 g/mol. The average molecular weight is 255 g/mol. The van der Waals surface area contributed by atoms with Crippen LogP contribution in [0.15, 0.2) is 48.8 Å². The normalized spacial score (nSPS) is 18.7. The summed E-state index contributed by atoms with van der Waals surface area (Å²) in [7, 11) is 0. The minimum Gasteiger partial charge on any atom is -0.493 e. The summed E-state index contributed by atoms with van der Waals surface area (Å²) in [6, 6.07) is 12.3. The Morgan fingerprint density at radius 2 is 2.21 bits per heavy atom. The number of nitrogens with two attached hydrogens (primary N) is 1. The molecule has 4 nitrogen and oxygen atoms in total. The molecule has 0 radical (unpaired) electrons. The topological polar surface area (TPSA) is 60.2 Å². The standard InChI is InChI=1S/C15H17N3O/c16-18-14(8-11-4-3-7-17-9-11)13-10-19-15-6-2-1-5-12(13)15/h1-7,9,13-14,18H,8,10,16H2. The van der Waals surface area contributed by atoms with Crippen LogP contribution in [0.5, 0.6) is 5.75 Å². The van der Waals surface area contributed by atoms with Gasteiger partial charge in [-0.25, -0.2) is 0 Å². The third kappa shape index (κ3) is 2.45. The van der Waals surface area contributed by atoms with E-state index in [2.05, 4.69) is 22.5 Å². The lowest BCUT2D eigenvalue weighted by Gasteiger charge is -2.21. The quantitative estimate of drug-likeness (QED) is 0.644. The summed E-state index contributed by atoms with van der Waals surface area (Å²) in [6.45, 7) is 0.675. The number of aromatic nitrogens is 1. The van der Waals surface area contributed by atoms with Crippen LogP contribution in [0.4, 0.5) is 0 Å². The summed E-state index contributed by atoms with van der Waals surface area (Å²) in [6.07, 6.45) is 4.50. The molecule has 19 heavy (non-hydrogen) atoms. The Morgan fingerprint density at radius 1 is 1.32 bits per heavy atom. The first-order valence-electron chi connectivity index (χ1n) is 6.45.